The molecule has 1 amide bonds. The first-order valence-electron chi connectivity index (χ1n) is 8.39. The number of hydrogen-bond acceptors (Lipinski definition) is 4. The lowest BCUT2D eigenvalue weighted by Crippen LogP contribution is -2.30. The fourth-order valence-electron chi connectivity index (χ4n) is 3.00. The molecule has 0 bridgehead atoms. The summed E-state index contributed by atoms with van der Waals surface area (Å²) in [4.78, 5) is 19.0. The van der Waals surface area contributed by atoms with Gasteiger partial charge in [-0.25, -0.2) is 9.67 Å². The van der Waals surface area contributed by atoms with Crippen molar-refractivity contribution in [3.63, 3.8) is 0 Å². The molecule has 24 heavy (non-hydrogen) atoms. The topological polar surface area (TPSA) is 63.1 Å². The van der Waals surface area contributed by atoms with Gasteiger partial charge in [0.25, 0.3) is 5.91 Å². The van der Waals surface area contributed by atoms with Crippen LogP contribution in [0.25, 0.3) is 0 Å². The van der Waals surface area contributed by atoms with E-state index >= 15 is 0 Å². The first-order valence-corrected chi connectivity index (χ1v) is 8.39. The van der Waals surface area contributed by atoms with Gasteiger partial charge >= 0.3 is 0 Å². The quantitative estimate of drug-likeness (QED) is 0.921. The number of para-hydroxylation sites is 1. The standard InChI is InChI=1S/C18H25N5O/c1-18(2,3)23-12-19-16(21-23)17(24)20-14-9-7-11-22(4)15-10-6-5-8-13(14)15/h5-6,8,10,12,14H,7,9,11H2,1-4H3,(H,20,24). The number of benzene rings is 1. The first-order chi connectivity index (χ1) is 11.4. The second kappa shape index (κ2) is 6.26. The van der Waals surface area contributed by atoms with Crippen LogP contribution < -0.4 is 10.2 Å². The van der Waals surface area contributed by atoms with E-state index in [2.05, 4.69) is 39.5 Å². The number of aromatic nitrogens is 3. The molecule has 0 aliphatic carbocycles. The molecule has 6 heteroatoms. The number of nitrogens with zero attached hydrogens (tertiary/aromatic N) is 4. The van der Waals surface area contributed by atoms with E-state index in [9.17, 15) is 4.79 Å². The molecular formula is C18H25N5O. The molecule has 128 valence electrons. The van der Waals surface area contributed by atoms with Crippen LogP contribution in [0.15, 0.2) is 30.6 Å². The van der Waals surface area contributed by atoms with Crippen molar-refractivity contribution in [1.82, 2.24) is 20.1 Å². The minimum Gasteiger partial charge on any atom is -0.374 e. The molecule has 2 aromatic rings. The normalized spacial score (nSPS) is 18.0. The van der Waals surface area contributed by atoms with E-state index in [-0.39, 0.29) is 23.3 Å². The zero-order chi connectivity index (χ0) is 17.3. The predicted octanol–water partition coefficient (Wildman–Crippen LogP) is 2.73. The van der Waals surface area contributed by atoms with Crippen LogP contribution in [0.2, 0.25) is 0 Å². The third kappa shape index (κ3) is 3.27. The Balaban J connectivity index is 1.81. The van der Waals surface area contributed by atoms with Crippen molar-refractivity contribution in [2.24, 2.45) is 0 Å². The third-order valence-corrected chi connectivity index (χ3v) is 4.40. The van der Waals surface area contributed by atoms with Gasteiger partial charge in [-0.3, -0.25) is 4.79 Å². The lowest BCUT2D eigenvalue weighted by atomic mass is 10.0. The summed E-state index contributed by atoms with van der Waals surface area (Å²) in [5.41, 5.74) is 2.14. The van der Waals surface area contributed by atoms with Gasteiger partial charge in [0.15, 0.2) is 0 Å². The van der Waals surface area contributed by atoms with Gasteiger partial charge in [0.2, 0.25) is 5.82 Å². The van der Waals surface area contributed by atoms with Crippen LogP contribution in [0.4, 0.5) is 5.69 Å². The Morgan fingerprint density at radius 2 is 2.04 bits per heavy atom. The van der Waals surface area contributed by atoms with Gasteiger partial charge in [-0.2, -0.15) is 0 Å². The summed E-state index contributed by atoms with van der Waals surface area (Å²) in [6.45, 7) is 7.07. The van der Waals surface area contributed by atoms with Crippen molar-refractivity contribution >= 4 is 11.6 Å². The minimum atomic E-state index is -0.220. The lowest BCUT2D eigenvalue weighted by Gasteiger charge is -2.22. The third-order valence-electron chi connectivity index (χ3n) is 4.40. The van der Waals surface area contributed by atoms with Crippen molar-refractivity contribution in [3.05, 3.63) is 42.0 Å². The van der Waals surface area contributed by atoms with E-state index in [4.69, 9.17) is 0 Å². The number of fused-ring (bicyclic) bond motifs is 1. The van der Waals surface area contributed by atoms with E-state index in [1.54, 1.807) is 11.0 Å². The Morgan fingerprint density at radius 3 is 2.75 bits per heavy atom. The molecule has 1 aromatic carbocycles. The lowest BCUT2D eigenvalue weighted by molar-refractivity contribution is 0.0923. The summed E-state index contributed by atoms with van der Waals surface area (Å²) in [6, 6.07) is 8.23. The van der Waals surface area contributed by atoms with E-state index in [0.29, 0.717) is 0 Å². The number of nitrogens with one attached hydrogen (secondary N) is 1. The van der Waals surface area contributed by atoms with Crippen LogP contribution in [-0.4, -0.2) is 34.3 Å². The number of carbonyl (C=O) groups is 1. The number of amides is 1. The second-order valence-electron chi connectivity index (χ2n) is 7.33. The average molecular weight is 327 g/mol. The van der Waals surface area contributed by atoms with E-state index in [1.165, 1.54) is 5.69 Å². The largest absolute Gasteiger partial charge is 0.374 e. The van der Waals surface area contributed by atoms with Gasteiger partial charge < -0.3 is 10.2 Å². The van der Waals surface area contributed by atoms with Crippen LogP contribution in [0.1, 0.15) is 55.8 Å². The van der Waals surface area contributed by atoms with Crippen LogP contribution in [0, 0.1) is 0 Å². The number of carbonyl (C=O) groups excluding carboxylic acids is 1. The Hall–Kier alpha value is -2.37. The van der Waals surface area contributed by atoms with Gasteiger partial charge in [-0.15, -0.1) is 5.10 Å². The second-order valence-corrected chi connectivity index (χ2v) is 7.33. The molecule has 1 unspecified atom stereocenters. The molecule has 0 radical (unpaired) electrons. The number of rotatable bonds is 2. The maximum atomic E-state index is 12.6. The van der Waals surface area contributed by atoms with Crippen molar-refractivity contribution < 1.29 is 4.79 Å². The van der Waals surface area contributed by atoms with Crippen LogP contribution in [-0.2, 0) is 5.54 Å². The molecule has 1 aliphatic heterocycles. The van der Waals surface area contributed by atoms with Crippen molar-refractivity contribution in [2.75, 3.05) is 18.5 Å². The Bertz CT molecular complexity index is 731. The molecule has 1 aromatic heterocycles. The van der Waals surface area contributed by atoms with Gasteiger partial charge in [0, 0.05) is 19.3 Å². The SMILES string of the molecule is CN1CCCC(NC(=O)c2ncn(C(C)(C)C)n2)c2ccccc21. The van der Waals surface area contributed by atoms with Crippen molar-refractivity contribution in [2.45, 2.75) is 45.2 Å². The summed E-state index contributed by atoms with van der Waals surface area (Å²) in [5.74, 6) is 0.00219. The molecule has 1 N–H and O–H groups in total. The molecule has 6 nitrogen and oxygen atoms in total. The highest BCUT2D eigenvalue weighted by Gasteiger charge is 2.25. The molecule has 0 saturated carbocycles. The van der Waals surface area contributed by atoms with E-state index in [0.717, 1.165) is 24.9 Å². The van der Waals surface area contributed by atoms with Gasteiger partial charge in [0.1, 0.15) is 6.33 Å². The Morgan fingerprint density at radius 1 is 1.29 bits per heavy atom. The fourth-order valence-corrected chi connectivity index (χ4v) is 3.00. The maximum absolute atomic E-state index is 12.6. The Kier molecular flexibility index (Phi) is 4.30. The highest BCUT2D eigenvalue weighted by molar-refractivity contribution is 5.90. The summed E-state index contributed by atoms with van der Waals surface area (Å²) in [5, 5.41) is 7.44. The summed E-state index contributed by atoms with van der Waals surface area (Å²) >= 11 is 0. The smallest absolute Gasteiger partial charge is 0.291 e. The molecule has 0 fully saturated rings. The first kappa shape index (κ1) is 16.5. The zero-order valence-electron chi connectivity index (χ0n) is 14.8. The van der Waals surface area contributed by atoms with Crippen molar-refractivity contribution in [3.8, 4) is 0 Å². The maximum Gasteiger partial charge on any atom is 0.291 e. The molecular weight excluding hydrogens is 302 g/mol. The number of hydrogen-bond donors (Lipinski definition) is 1. The molecule has 0 saturated heterocycles. The number of anilines is 1. The van der Waals surface area contributed by atoms with Crippen LogP contribution in [0.3, 0.4) is 0 Å². The predicted molar refractivity (Wildman–Crippen MR) is 94.2 cm³/mol. The van der Waals surface area contributed by atoms with Gasteiger partial charge in [0.05, 0.1) is 11.6 Å². The molecule has 1 aliphatic rings. The van der Waals surface area contributed by atoms with Gasteiger partial charge in [-0.1, -0.05) is 18.2 Å². The average Bonchev–Trinajstić information content (AvgIpc) is 2.99. The molecule has 1 atom stereocenters. The highest BCUT2D eigenvalue weighted by atomic mass is 16.2. The summed E-state index contributed by atoms with van der Waals surface area (Å²) in [7, 11) is 2.09. The molecule has 3 rings (SSSR count). The molecule has 0 spiro atoms. The fraction of sp³-hybridized carbons (Fsp3) is 0.500. The van der Waals surface area contributed by atoms with E-state index in [1.807, 2.05) is 32.9 Å². The monoisotopic (exact) mass is 327 g/mol. The minimum absolute atomic E-state index is 0.0137. The van der Waals surface area contributed by atoms with Crippen LogP contribution in [0.5, 0.6) is 0 Å². The Labute approximate surface area is 142 Å². The highest BCUT2D eigenvalue weighted by Crippen LogP contribution is 2.32. The molecule has 2 heterocycles. The van der Waals surface area contributed by atoms with Gasteiger partial charge in [-0.05, 0) is 45.2 Å². The zero-order valence-corrected chi connectivity index (χ0v) is 14.8. The summed E-state index contributed by atoms with van der Waals surface area (Å²) < 4.78 is 1.72. The van der Waals surface area contributed by atoms with Crippen LogP contribution >= 0.6 is 0 Å². The van der Waals surface area contributed by atoms with E-state index < -0.39 is 0 Å². The summed E-state index contributed by atoms with van der Waals surface area (Å²) in [6.07, 6.45) is 3.55. The van der Waals surface area contributed by atoms with Crippen molar-refractivity contribution in [1.29, 1.82) is 0 Å².